The summed E-state index contributed by atoms with van der Waals surface area (Å²) in [6.07, 6.45) is 3.74. The van der Waals surface area contributed by atoms with Crippen molar-refractivity contribution in [3.63, 3.8) is 0 Å². The molecule has 0 amide bonds. The summed E-state index contributed by atoms with van der Waals surface area (Å²) in [5.41, 5.74) is 6.28. The summed E-state index contributed by atoms with van der Waals surface area (Å²) in [4.78, 5) is 2.52. The van der Waals surface area contributed by atoms with Crippen molar-refractivity contribution < 1.29 is 4.74 Å². The van der Waals surface area contributed by atoms with E-state index in [0.717, 1.165) is 39.0 Å². The van der Waals surface area contributed by atoms with Gasteiger partial charge in [-0.25, -0.2) is 0 Å². The molecule has 1 saturated heterocycles. The van der Waals surface area contributed by atoms with E-state index in [0.29, 0.717) is 12.1 Å². The van der Waals surface area contributed by atoms with E-state index in [-0.39, 0.29) is 5.54 Å². The third-order valence-corrected chi connectivity index (χ3v) is 3.44. The van der Waals surface area contributed by atoms with Gasteiger partial charge in [0.25, 0.3) is 0 Å². The maximum Gasteiger partial charge on any atom is 0.0674 e. The molecule has 0 bridgehead atoms. The molecule has 1 rings (SSSR count). The van der Waals surface area contributed by atoms with Crippen LogP contribution in [0.2, 0.25) is 0 Å². The van der Waals surface area contributed by atoms with E-state index in [1.165, 1.54) is 0 Å². The van der Waals surface area contributed by atoms with Gasteiger partial charge in [0.15, 0.2) is 0 Å². The molecule has 0 aliphatic carbocycles. The summed E-state index contributed by atoms with van der Waals surface area (Å²) < 4.78 is 5.70. The highest BCUT2D eigenvalue weighted by Gasteiger charge is 2.30. The highest BCUT2D eigenvalue weighted by atomic mass is 16.5. The average molecular weight is 228 g/mol. The van der Waals surface area contributed by atoms with E-state index in [4.69, 9.17) is 10.5 Å². The molecule has 0 aromatic carbocycles. The summed E-state index contributed by atoms with van der Waals surface area (Å²) in [6, 6.07) is 0.552. The third-order valence-electron chi connectivity index (χ3n) is 3.44. The molecule has 0 aromatic heterocycles. The predicted molar refractivity (Wildman–Crippen MR) is 68.6 cm³/mol. The van der Waals surface area contributed by atoms with Gasteiger partial charge in [-0.3, -0.25) is 4.90 Å². The summed E-state index contributed by atoms with van der Waals surface area (Å²) >= 11 is 0. The monoisotopic (exact) mass is 228 g/mol. The van der Waals surface area contributed by atoms with E-state index < -0.39 is 0 Å². The first-order valence-electron chi connectivity index (χ1n) is 6.63. The van der Waals surface area contributed by atoms with Gasteiger partial charge < -0.3 is 10.5 Å². The zero-order valence-corrected chi connectivity index (χ0v) is 11.3. The van der Waals surface area contributed by atoms with Crippen molar-refractivity contribution >= 4 is 0 Å². The molecule has 1 aliphatic heterocycles. The summed E-state index contributed by atoms with van der Waals surface area (Å²) in [5, 5.41) is 0. The molecule has 0 radical (unpaired) electrons. The lowest BCUT2D eigenvalue weighted by molar-refractivity contribution is -0.0620. The molecule has 2 N–H and O–H groups in total. The van der Waals surface area contributed by atoms with Crippen LogP contribution in [0.4, 0.5) is 0 Å². The molecule has 96 valence electrons. The lowest BCUT2D eigenvalue weighted by atomic mass is 9.95. The molecular weight excluding hydrogens is 200 g/mol. The second-order valence-corrected chi connectivity index (χ2v) is 5.54. The Balaban J connectivity index is 2.54. The molecule has 0 saturated carbocycles. The van der Waals surface area contributed by atoms with Crippen LogP contribution in [0, 0.1) is 0 Å². The van der Waals surface area contributed by atoms with Gasteiger partial charge in [-0.15, -0.1) is 0 Å². The standard InChI is InChI=1S/C13H28N2O/c1-5-7-13(4,14)10-15-8-11(3)16-9-12(15)6-2/h11-12H,5-10,14H2,1-4H3. The number of nitrogens with zero attached hydrogens (tertiary/aromatic N) is 1. The van der Waals surface area contributed by atoms with Crippen LogP contribution in [0.5, 0.6) is 0 Å². The number of morpholine rings is 1. The normalized spacial score (nSPS) is 31.3. The second-order valence-electron chi connectivity index (χ2n) is 5.54. The Labute approximate surface area is 100 Å². The zero-order chi connectivity index (χ0) is 12.2. The van der Waals surface area contributed by atoms with Crippen molar-refractivity contribution in [1.82, 2.24) is 4.90 Å². The van der Waals surface area contributed by atoms with E-state index in [2.05, 4.69) is 32.6 Å². The molecule has 3 heteroatoms. The number of hydrogen-bond acceptors (Lipinski definition) is 3. The molecule has 0 aromatic rings. The van der Waals surface area contributed by atoms with Crippen LogP contribution in [0.3, 0.4) is 0 Å². The van der Waals surface area contributed by atoms with Gasteiger partial charge in [0.1, 0.15) is 0 Å². The molecule has 1 aliphatic rings. The summed E-state index contributed by atoms with van der Waals surface area (Å²) in [5.74, 6) is 0. The highest BCUT2D eigenvalue weighted by Crippen LogP contribution is 2.19. The van der Waals surface area contributed by atoms with Gasteiger partial charge in [-0.2, -0.15) is 0 Å². The molecule has 1 fully saturated rings. The summed E-state index contributed by atoms with van der Waals surface area (Å²) in [6.45, 7) is 11.6. The van der Waals surface area contributed by atoms with Crippen LogP contribution >= 0.6 is 0 Å². The lowest BCUT2D eigenvalue weighted by Gasteiger charge is -2.42. The fraction of sp³-hybridized carbons (Fsp3) is 1.00. The van der Waals surface area contributed by atoms with Crippen molar-refractivity contribution in [2.45, 2.75) is 64.6 Å². The Hall–Kier alpha value is -0.120. The van der Waals surface area contributed by atoms with Crippen molar-refractivity contribution in [2.24, 2.45) is 5.73 Å². The minimum atomic E-state index is -0.0563. The van der Waals surface area contributed by atoms with Gasteiger partial charge in [-0.05, 0) is 26.7 Å². The van der Waals surface area contributed by atoms with Crippen LogP contribution in [-0.2, 0) is 4.74 Å². The number of ether oxygens (including phenoxy) is 1. The Morgan fingerprint density at radius 2 is 2.12 bits per heavy atom. The average Bonchev–Trinajstić information content (AvgIpc) is 2.17. The predicted octanol–water partition coefficient (Wildman–Crippen LogP) is 2.00. The van der Waals surface area contributed by atoms with Crippen LogP contribution in [0.25, 0.3) is 0 Å². The second kappa shape index (κ2) is 5.99. The SMILES string of the molecule is CCCC(C)(N)CN1CC(C)OCC1CC. The largest absolute Gasteiger partial charge is 0.376 e. The Bertz CT molecular complexity index is 206. The molecular formula is C13H28N2O. The van der Waals surface area contributed by atoms with E-state index >= 15 is 0 Å². The molecule has 0 spiro atoms. The quantitative estimate of drug-likeness (QED) is 0.782. The van der Waals surface area contributed by atoms with Crippen LogP contribution in [-0.4, -0.2) is 42.3 Å². The first-order valence-corrected chi connectivity index (χ1v) is 6.63. The van der Waals surface area contributed by atoms with Gasteiger partial charge in [0, 0.05) is 24.7 Å². The first kappa shape index (κ1) is 13.9. The van der Waals surface area contributed by atoms with Crippen molar-refractivity contribution in [3.8, 4) is 0 Å². The maximum atomic E-state index is 6.34. The van der Waals surface area contributed by atoms with Crippen LogP contribution in [0.15, 0.2) is 0 Å². The van der Waals surface area contributed by atoms with Crippen molar-refractivity contribution in [2.75, 3.05) is 19.7 Å². The van der Waals surface area contributed by atoms with Gasteiger partial charge >= 0.3 is 0 Å². The van der Waals surface area contributed by atoms with Gasteiger partial charge in [0.05, 0.1) is 12.7 Å². The van der Waals surface area contributed by atoms with Crippen molar-refractivity contribution in [3.05, 3.63) is 0 Å². The molecule has 1 heterocycles. The third kappa shape index (κ3) is 4.04. The molecule has 3 nitrogen and oxygen atoms in total. The first-order chi connectivity index (χ1) is 7.48. The Kier molecular flexibility index (Phi) is 5.22. The van der Waals surface area contributed by atoms with Crippen LogP contribution in [0.1, 0.15) is 47.0 Å². The number of hydrogen-bond donors (Lipinski definition) is 1. The smallest absolute Gasteiger partial charge is 0.0674 e. The Morgan fingerprint density at radius 1 is 1.44 bits per heavy atom. The minimum absolute atomic E-state index is 0.0563. The lowest BCUT2D eigenvalue weighted by Crippen LogP contribution is -2.56. The number of nitrogens with two attached hydrogens (primary N) is 1. The molecule has 16 heavy (non-hydrogen) atoms. The highest BCUT2D eigenvalue weighted by molar-refractivity contribution is 4.87. The maximum absolute atomic E-state index is 6.34. The topological polar surface area (TPSA) is 38.5 Å². The molecule has 3 unspecified atom stereocenters. The van der Waals surface area contributed by atoms with Gasteiger partial charge in [0.2, 0.25) is 0 Å². The number of rotatable bonds is 5. The zero-order valence-electron chi connectivity index (χ0n) is 11.3. The van der Waals surface area contributed by atoms with E-state index in [1.54, 1.807) is 0 Å². The summed E-state index contributed by atoms with van der Waals surface area (Å²) in [7, 11) is 0. The fourth-order valence-electron chi connectivity index (χ4n) is 2.60. The minimum Gasteiger partial charge on any atom is -0.376 e. The van der Waals surface area contributed by atoms with E-state index in [9.17, 15) is 0 Å². The van der Waals surface area contributed by atoms with Crippen molar-refractivity contribution in [1.29, 1.82) is 0 Å². The fourth-order valence-corrected chi connectivity index (χ4v) is 2.60. The van der Waals surface area contributed by atoms with Gasteiger partial charge in [-0.1, -0.05) is 20.3 Å². The Morgan fingerprint density at radius 3 is 2.69 bits per heavy atom. The molecule has 3 atom stereocenters. The van der Waals surface area contributed by atoms with Crippen LogP contribution < -0.4 is 5.73 Å². The van der Waals surface area contributed by atoms with E-state index in [1.807, 2.05) is 0 Å².